The molecule has 0 aliphatic carbocycles. The highest BCUT2D eigenvalue weighted by Crippen LogP contribution is 2.14. The van der Waals surface area contributed by atoms with Gasteiger partial charge in [0.05, 0.1) is 22.2 Å². The highest BCUT2D eigenvalue weighted by Gasteiger charge is 2.18. The summed E-state index contributed by atoms with van der Waals surface area (Å²) in [5.41, 5.74) is 2.85. The van der Waals surface area contributed by atoms with Gasteiger partial charge in [0.15, 0.2) is 0 Å². The lowest BCUT2D eigenvalue weighted by molar-refractivity contribution is -0.384. The largest absolute Gasteiger partial charge is 0.352 e. The smallest absolute Gasteiger partial charge is 0.280 e. The number of aromatic nitrogens is 2. The number of nitro groups is 1. The van der Waals surface area contributed by atoms with Gasteiger partial charge in [0, 0.05) is 24.2 Å². The van der Waals surface area contributed by atoms with Gasteiger partial charge in [-0.25, -0.2) is 9.66 Å². The van der Waals surface area contributed by atoms with Crippen molar-refractivity contribution in [2.45, 2.75) is 13.0 Å². The zero-order chi connectivity index (χ0) is 24.1. The molecule has 0 aliphatic heterocycles. The maximum atomic E-state index is 13.1. The van der Waals surface area contributed by atoms with Gasteiger partial charge < -0.3 is 5.32 Å². The molecule has 170 valence electrons. The van der Waals surface area contributed by atoms with Crippen molar-refractivity contribution in [3.05, 3.63) is 116 Å². The number of fused-ring (bicyclic) bond motifs is 1. The number of non-ortho nitro benzene ring substituents is 1. The second-order valence-corrected chi connectivity index (χ2v) is 7.37. The minimum Gasteiger partial charge on any atom is -0.352 e. The number of nitrogens with one attached hydrogen (secondary N) is 2. The van der Waals surface area contributed by atoms with Gasteiger partial charge in [-0.15, -0.1) is 0 Å². The van der Waals surface area contributed by atoms with Gasteiger partial charge in [-0.05, 0) is 23.8 Å². The minimum absolute atomic E-state index is 0.0197. The molecular weight excluding hydrogens is 438 g/mol. The third kappa shape index (κ3) is 4.96. The minimum atomic E-state index is -0.756. The molecule has 4 rings (SSSR count). The number of nitro benzene ring substituents is 1. The molecule has 10 nitrogen and oxygen atoms in total. The van der Waals surface area contributed by atoms with Crippen LogP contribution in [0.25, 0.3) is 10.9 Å². The first-order chi connectivity index (χ1) is 16.4. The van der Waals surface area contributed by atoms with Crippen LogP contribution >= 0.6 is 0 Å². The number of amides is 2. The summed E-state index contributed by atoms with van der Waals surface area (Å²) in [4.78, 5) is 53.4. The molecule has 3 aromatic carbocycles. The molecule has 0 unspecified atom stereocenters. The van der Waals surface area contributed by atoms with Gasteiger partial charge in [-0.2, -0.15) is 0 Å². The van der Waals surface area contributed by atoms with Crippen LogP contribution in [0.4, 0.5) is 5.69 Å². The van der Waals surface area contributed by atoms with Crippen molar-refractivity contribution in [2.75, 3.05) is 5.43 Å². The molecule has 1 heterocycles. The van der Waals surface area contributed by atoms with E-state index in [1.54, 1.807) is 24.3 Å². The van der Waals surface area contributed by atoms with Crippen LogP contribution in [0.15, 0.2) is 83.7 Å². The zero-order valence-electron chi connectivity index (χ0n) is 17.8. The van der Waals surface area contributed by atoms with E-state index in [1.807, 2.05) is 30.3 Å². The molecule has 4 aromatic rings. The highest BCUT2D eigenvalue weighted by molar-refractivity contribution is 6.00. The Bertz CT molecular complexity index is 1450. The average molecular weight is 457 g/mol. The molecule has 0 atom stereocenters. The number of carbonyl (C=O) groups excluding carboxylic acids is 2. The van der Waals surface area contributed by atoms with Crippen LogP contribution in [0.1, 0.15) is 21.7 Å². The van der Waals surface area contributed by atoms with E-state index in [9.17, 15) is 24.5 Å². The Labute approximate surface area is 193 Å². The molecule has 0 fully saturated rings. The predicted molar refractivity (Wildman–Crippen MR) is 125 cm³/mol. The van der Waals surface area contributed by atoms with E-state index in [0.717, 1.165) is 16.3 Å². The van der Waals surface area contributed by atoms with Crippen LogP contribution in [-0.2, 0) is 17.8 Å². The van der Waals surface area contributed by atoms with E-state index in [0.29, 0.717) is 5.52 Å². The van der Waals surface area contributed by atoms with Crippen LogP contribution in [0.2, 0.25) is 0 Å². The number of para-hydroxylation sites is 1. The Morgan fingerprint density at radius 3 is 2.47 bits per heavy atom. The monoisotopic (exact) mass is 457 g/mol. The van der Waals surface area contributed by atoms with Gasteiger partial charge in [-0.1, -0.05) is 48.5 Å². The van der Waals surface area contributed by atoms with Crippen LogP contribution in [-0.4, -0.2) is 26.4 Å². The van der Waals surface area contributed by atoms with Gasteiger partial charge in [0.1, 0.15) is 5.82 Å². The standard InChI is InChI=1S/C24H19N5O5/c30-22(25-15-16-7-2-1-3-8-16)14-21-26-20-12-5-4-11-19(20)24(32)28(21)27-23(31)17-9-6-10-18(13-17)29(33)34/h1-13H,14-15H2,(H,25,30)(H,27,31). The fraction of sp³-hybridized carbons (Fsp3) is 0.0833. The average Bonchev–Trinajstić information content (AvgIpc) is 2.85. The second-order valence-electron chi connectivity index (χ2n) is 7.37. The Balaban J connectivity index is 1.64. The van der Waals surface area contributed by atoms with Gasteiger partial charge in [0.2, 0.25) is 5.91 Å². The molecule has 2 amide bonds. The Hall–Kier alpha value is -4.86. The van der Waals surface area contributed by atoms with E-state index in [2.05, 4.69) is 15.7 Å². The summed E-state index contributed by atoms with van der Waals surface area (Å²) in [7, 11) is 0. The number of nitrogens with zero attached hydrogens (tertiary/aromatic N) is 3. The molecule has 10 heteroatoms. The number of rotatable bonds is 7. The zero-order valence-corrected chi connectivity index (χ0v) is 17.8. The van der Waals surface area contributed by atoms with E-state index >= 15 is 0 Å². The fourth-order valence-corrected chi connectivity index (χ4v) is 3.34. The number of hydrogen-bond acceptors (Lipinski definition) is 6. The quantitative estimate of drug-likeness (QED) is 0.323. The fourth-order valence-electron chi connectivity index (χ4n) is 3.34. The van der Waals surface area contributed by atoms with E-state index < -0.39 is 22.3 Å². The van der Waals surface area contributed by atoms with Gasteiger partial charge in [0.25, 0.3) is 17.2 Å². The van der Waals surface area contributed by atoms with Crippen molar-refractivity contribution >= 4 is 28.4 Å². The molecule has 0 bridgehead atoms. The number of benzene rings is 3. The highest BCUT2D eigenvalue weighted by atomic mass is 16.6. The van der Waals surface area contributed by atoms with Crippen molar-refractivity contribution < 1.29 is 14.5 Å². The third-order valence-electron chi connectivity index (χ3n) is 5.03. The summed E-state index contributed by atoms with van der Waals surface area (Å²) in [6, 6.07) is 21.0. The maximum Gasteiger partial charge on any atom is 0.280 e. The maximum absolute atomic E-state index is 13.1. The predicted octanol–water partition coefficient (Wildman–Crippen LogP) is 2.55. The molecule has 2 N–H and O–H groups in total. The van der Waals surface area contributed by atoms with Crippen molar-refractivity contribution in [3.8, 4) is 0 Å². The van der Waals surface area contributed by atoms with Crippen LogP contribution < -0.4 is 16.3 Å². The van der Waals surface area contributed by atoms with Crippen LogP contribution in [0.5, 0.6) is 0 Å². The van der Waals surface area contributed by atoms with Crippen LogP contribution in [0.3, 0.4) is 0 Å². The summed E-state index contributed by atoms with van der Waals surface area (Å²) < 4.78 is 0.908. The van der Waals surface area contributed by atoms with Crippen molar-refractivity contribution in [1.82, 2.24) is 15.0 Å². The molecule has 0 spiro atoms. The van der Waals surface area contributed by atoms with E-state index in [-0.39, 0.29) is 35.4 Å². The number of hydrogen-bond donors (Lipinski definition) is 2. The Morgan fingerprint density at radius 2 is 1.71 bits per heavy atom. The lowest BCUT2D eigenvalue weighted by Crippen LogP contribution is -2.38. The summed E-state index contributed by atoms with van der Waals surface area (Å²) >= 11 is 0. The third-order valence-corrected chi connectivity index (χ3v) is 5.03. The molecule has 0 aliphatic rings. The SMILES string of the molecule is O=C(Cc1nc2ccccc2c(=O)n1NC(=O)c1cccc([N+](=O)[O-])c1)NCc1ccccc1. The first kappa shape index (κ1) is 22.3. The molecule has 34 heavy (non-hydrogen) atoms. The van der Waals surface area contributed by atoms with Crippen molar-refractivity contribution in [1.29, 1.82) is 0 Å². The molecule has 1 aromatic heterocycles. The molecule has 0 saturated carbocycles. The van der Waals surface area contributed by atoms with Gasteiger partial charge >= 0.3 is 0 Å². The summed E-state index contributed by atoms with van der Waals surface area (Å²) in [6.07, 6.45) is -0.276. The normalized spacial score (nSPS) is 10.6. The van der Waals surface area contributed by atoms with E-state index in [1.165, 1.54) is 18.2 Å². The molecule has 0 radical (unpaired) electrons. The van der Waals surface area contributed by atoms with Crippen LogP contribution in [0, 0.1) is 10.1 Å². The second kappa shape index (κ2) is 9.74. The first-order valence-electron chi connectivity index (χ1n) is 10.3. The van der Waals surface area contributed by atoms with Crippen molar-refractivity contribution in [3.63, 3.8) is 0 Å². The number of carbonyl (C=O) groups is 2. The summed E-state index contributed by atoms with van der Waals surface area (Å²) in [6.45, 7) is 0.289. The summed E-state index contributed by atoms with van der Waals surface area (Å²) in [5.74, 6) is -1.13. The Kier molecular flexibility index (Phi) is 6.40. The van der Waals surface area contributed by atoms with E-state index in [4.69, 9.17) is 0 Å². The summed E-state index contributed by atoms with van der Waals surface area (Å²) in [5, 5.41) is 14.0. The first-order valence-corrected chi connectivity index (χ1v) is 10.3. The molecular formula is C24H19N5O5. The topological polar surface area (TPSA) is 136 Å². The lowest BCUT2D eigenvalue weighted by atomic mass is 10.2. The Morgan fingerprint density at radius 1 is 0.971 bits per heavy atom. The lowest BCUT2D eigenvalue weighted by Gasteiger charge is -2.14. The van der Waals surface area contributed by atoms with Gasteiger partial charge in [-0.3, -0.25) is 29.9 Å². The molecule has 0 saturated heterocycles. The van der Waals surface area contributed by atoms with Crippen molar-refractivity contribution in [2.24, 2.45) is 0 Å².